The average Bonchev–Trinajstić information content (AvgIpc) is 2.14. The molecule has 0 spiro atoms. The minimum Gasteiger partial charge on any atom is -0.0712 e. The lowest BCUT2D eigenvalue weighted by Crippen LogP contribution is -2.45. The molecule has 0 N–H and O–H groups in total. The summed E-state index contributed by atoms with van der Waals surface area (Å²) in [5.41, 5.74) is 0. The van der Waals surface area contributed by atoms with Crippen molar-refractivity contribution in [3.63, 3.8) is 0 Å². The normalized spacial score (nSPS) is 49.3. The minimum absolute atomic E-state index is 0.699. The van der Waals surface area contributed by atoms with E-state index in [1.54, 1.807) is 38.5 Å². The lowest BCUT2D eigenvalue weighted by molar-refractivity contribution is 0.0280. The molecule has 0 aromatic rings. The zero-order valence-electron chi connectivity index (χ0n) is 10.3. The van der Waals surface area contributed by atoms with Gasteiger partial charge in [0, 0.05) is 0 Å². The van der Waals surface area contributed by atoms with E-state index in [0.717, 1.165) is 23.6 Å². The third-order valence-electron chi connectivity index (χ3n) is 5.37. The molecule has 0 aromatic carbocycles. The highest BCUT2D eigenvalue weighted by Gasteiger charge is 2.50. The van der Waals surface area contributed by atoms with Crippen LogP contribution in [0.5, 0.6) is 0 Å². The maximum absolute atomic E-state index is 2.76. The van der Waals surface area contributed by atoms with E-state index in [9.17, 15) is 0 Å². The van der Waals surface area contributed by atoms with Gasteiger partial charge in [0.25, 0.3) is 0 Å². The van der Waals surface area contributed by atoms with Gasteiger partial charge in [0.15, 0.2) is 0 Å². The van der Waals surface area contributed by atoms with Crippen LogP contribution in [0.25, 0.3) is 0 Å². The summed E-state index contributed by atoms with van der Waals surface area (Å²) in [4.78, 5) is 0. The van der Waals surface area contributed by atoms with Crippen molar-refractivity contribution in [1.82, 2.24) is 0 Å². The third-order valence-corrected chi connectivity index (χ3v) is 5.37. The first-order chi connectivity index (χ1) is 7.19. The first kappa shape index (κ1) is 10.2. The van der Waals surface area contributed by atoms with Crippen LogP contribution in [-0.4, -0.2) is 7.28 Å². The van der Waals surface area contributed by atoms with Crippen LogP contribution in [0.1, 0.15) is 58.8 Å². The Hall–Kier alpha value is 0.0649. The molecule has 0 nitrogen and oxygen atoms in total. The zero-order chi connectivity index (χ0) is 10.5. The maximum atomic E-state index is 2.76. The summed E-state index contributed by atoms with van der Waals surface area (Å²) in [7, 11) is 2.76. The fraction of sp³-hybridized carbons (Fsp3) is 1.00. The van der Waals surface area contributed by atoms with Gasteiger partial charge in [0.1, 0.15) is 7.28 Å². The van der Waals surface area contributed by atoms with Crippen LogP contribution < -0.4 is 0 Å². The molecule has 4 rings (SSSR count). The molecule has 4 bridgehead atoms. The van der Waals surface area contributed by atoms with E-state index in [1.165, 1.54) is 6.42 Å². The quantitative estimate of drug-likeness (QED) is 0.600. The molecule has 0 saturated heterocycles. The smallest absolute Gasteiger partial charge is 0.0712 e. The summed E-state index contributed by atoms with van der Waals surface area (Å²) in [6.45, 7) is 4.75. The molecule has 1 unspecified atom stereocenters. The molecule has 0 aliphatic heterocycles. The first-order valence-electron chi connectivity index (χ1n) is 7.05. The summed E-state index contributed by atoms with van der Waals surface area (Å²) in [6.07, 6.45) is 10.7. The Morgan fingerprint density at radius 2 is 1.53 bits per heavy atom. The molecule has 0 heterocycles. The molecule has 1 atom stereocenters. The van der Waals surface area contributed by atoms with Gasteiger partial charge in [-0.05, 0) is 37.0 Å². The minimum atomic E-state index is 0.699. The second-order valence-corrected chi connectivity index (χ2v) is 6.83. The summed E-state index contributed by atoms with van der Waals surface area (Å²) in [5, 5.41) is 0.699. The Morgan fingerprint density at radius 1 is 1.07 bits per heavy atom. The lowest BCUT2D eigenvalue weighted by Gasteiger charge is -2.57. The van der Waals surface area contributed by atoms with Crippen molar-refractivity contribution in [3.05, 3.63) is 0 Å². The van der Waals surface area contributed by atoms with Gasteiger partial charge in [-0.15, -0.1) is 0 Å². The van der Waals surface area contributed by atoms with Crippen molar-refractivity contribution in [2.45, 2.75) is 69.9 Å². The Balaban J connectivity index is 1.75. The first-order valence-corrected chi connectivity index (χ1v) is 7.05. The Labute approximate surface area is 95.5 Å². The maximum Gasteiger partial charge on any atom is 0.121 e. The SMILES string of the molecule is CCC(C)[B]C12CC3CC(CC(C3)C1)C2. The van der Waals surface area contributed by atoms with E-state index in [1.807, 2.05) is 0 Å². The molecular weight excluding hydrogens is 179 g/mol. The average molecular weight is 203 g/mol. The number of hydrogen-bond donors (Lipinski definition) is 0. The number of rotatable bonds is 3. The van der Waals surface area contributed by atoms with Crippen LogP contribution >= 0.6 is 0 Å². The van der Waals surface area contributed by atoms with E-state index >= 15 is 0 Å². The van der Waals surface area contributed by atoms with E-state index in [-0.39, 0.29) is 0 Å². The van der Waals surface area contributed by atoms with Crippen molar-refractivity contribution in [2.75, 3.05) is 0 Å². The van der Waals surface area contributed by atoms with Crippen LogP contribution in [0, 0.1) is 17.8 Å². The van der Waals surface area contributed by atoms with Gasteiger partial charge >= 0.3 is 0 Å². The molecule has 0 aromatic heterocycles. The molecule has 83 valence electrons. The lowest BCUT2D eigenvalue weighted by atomic mass is 9.33. The van der Waals surface area contributed by atoms with Crippen LogP contribution in [0.4, 0.5) is 0 Å². The standard InChI is InChI=1S/C14H24B/c1-3-10(2)15-14-7-11-4-12(8-14)6-13(5-11)9-14/h10-13H,3-9H2,1-2H3. The highest BCUT2D eigenvalue weighted by Crippen LogP contribution is 2.64. The molecule has 1 heteroatoms. The molecule has 1 radical (unpaired) electrons. The van der Waals surface area contributed by atoms with E-state index in [2.05, 4.69) is 21.1 Å². The van der Waals surface area contributed by atoms with Gasteiger partial charge in [0.2, 0.25) is 0 Å². The largest absolute Gasteiger partial charge is 0.121 e. The van der Waals surface area contributed by atoms with Crippen LogP contribution in [0.2, 0.25) is 11.1 Å². The van der Waals surface area contributed by atoms with Crippen molar-refractivity contribution in [1.29, 1.82) is 0 Å². The van der Waals surface area contributed by atoms with Crippen molar-refractivity contribution in [2.24, 2.45) is 17.8 Å². The Bertz CT molecular complexity index is 210. The summed E-state index contributed by atoms with van der Waals surface area (Å²) in [6, 6.07) is 0. The van der Waals surface area contributed by atoms with Gasteiger partial charge in [-0.1, -0.05) is 50.7 Å². The predicted molar refractivity (Wildman–Crippen MR) is 66.3 cm³/mol. The van der Waals surface area contributed by atoms with Crippen LogP contribution in [0.3, 0.4) is 0 Å². The molecule has 4 aliphatic rings. The van der Waals surface area contributed by atoms with Crippen molar-refractivity contribution < 1.29 is 0 Å². The van der Waals surface area contributed by atoms with Gasteiger partial charge in [-0.25, -0.2) is 0 Å². The molecule has 4 fully saturated rings. The third kappa shape index (κ3) is 1.76. The zero-order valence-corrected chi connectivity index (χ0v) is 10.3. The Morgan fingerprint density at radius 3 is 1.93 bits per heavy atom. The van der Waals surface area contributed by atoms with Crippen molar-refractivity contribution in [3.8, 4) is 0 Å². The Kier molecular flexibility index (Phi) is 2.41. The second-order valence-electron chi connectivity index (χ2n) is 6.83. The molecule has 0 amide bonds. The van der Waals surface area contributed by atoms with Gasteiger partial charge in [-0.3, -0.25) is 0 Å². The van der Waals surface area contributed by atoms with Crippen LogP contribution in [0.15, 0.2) is 0 Å². The van der Waals surface area contributed by atoms with Crippen LogP contribution in [-0.2, 0) is 0 Å². The highest BCUT2D eigenvalue weighted by molar-refractivity contribution is 6.42. The molecule has 4 saturated carbocycles. The monoisotopic (exact) mass is 203 g/mol. The van der Waals surface area contributed by atoms with E-state index in [0.29, 0.717) is 5.31 Å². The van der Waals surface area contributed by atoms with E-state index in [4.69, 9.17) is 0 Å². The summed E-state index contributed by atoms with van der Waals surface area (Å²) in [5.74, 6) is 4.17. The van der Waals surface area contributed by atoms with Gasteiger partial charge < -0.3 is 0 Å². The molecule has 4 aliphatic carbocycles. The second kappa shape index (κ2) is 3.53. The summed E-state index contributed by atoms with van der Waals surface area (Å²) >= 11 is 0. The molecule has 15 heavy (non-hydrogen) atoms. The number of hydrogen-bond acceptors (Lipinski definition) is 0. The predicted octanol–water partition coefficient (Wildman–Crippen LogP) is 4.30. The van der Waals surface area contributed by atoms with Gasteiger partial charge in [-0.2, -0.15) is 0 Å². The summed E-state index contributed by atoms with van der Waals surface area (Å²) < 4.78 is 0. The fourth-order valence-electron chi connectivity index (χ4n) is 5.10. The van der Waals surface area contributed by atoms with Gasteiger partial charge in [0.05, 0.1) is 0 Å². The van der Waals surface area contributed by atoms with E-state index < -0.39 is 0 Å². The van der Waals surface area contributed by atoms with Crippen molar-refractivity contribution >= 4 is 7.28 Å². The molecular formula is C14H24B. The fourth-order valence-corrected chi connectivity index (χ4v) is 5.10. The topological polar surface area (TPSA) is 0 Å². The highest BCUT2D eigenvalue weighted by atomic mass is 14.5.